The van der Waals surface area contributed by atoms with E-state index in [2.05, 4.69) is 0 Å². The zero-order valence-electron chi connectivity index (χ0n) is 9.99. The number of hydrogen-bond acceptors (Lipinski definition) is 4. The van der Waals surface area contributed by atoms with Gasteiger partial charge < -0.3 is 4.57 Å². The average molecular weight is 322 g/mol. The maximum Gasteiger partial charge on any atom is 0.416 e. The van der Waals surface area contributed by atoms with Crippen molar-refractivity contribution in [3.63, 3.8) is 0 Å². The van der Waals surface area contributed by atoms with Crippen LogP contribution in [0, 0.1) is 5.41 Å². The Hall–Kier alpha value is -1.35. The number of sulfone groups is 1. The number of hydrogen-bond donors (Lipinski definition) is 1. The lowest BCUT2D eigenvalue weighted by Crippen LogP contribution is -2.17. The largest absolute Gasteiger partial charge is 0.416 e. The van der Waals surface area contributed by atoms with E-state index >= 15 is 0 Å². The Morgan fingerprint density at radius 3 is 2.65 bits per heavy atom. The van der Waals surface area contributed by atoms with Crippen LogP contribution >= 0.6 is 11.3 Å². The summed E-state index contributed by atoms with van der Waals surface area (Å²) in [4.78, 5) is 0.0673. The molecule has 2 heterocycles. The van der Waals surface area contributed by atoms with Crippen LogP contribution in [0.25, 0.3) is 10.2 Å². The summed E-state index contributed by atoms with van der Waals surface area (Å²) in [6.45, 7) is 0.111. The number of rotatable bonds is 0. The molecule has 1 aliphatic heterocycles. The minimum Gasteiger partial charge on any atom is -0.316 e. The summed E-state index contributed by atoms with van der Waals surface area (Å²) in [6, 6.07) is 1.86. The van der Waals surface area contributed by atoms with E-state index in [1.165, 1.54) is 4.57 Å². The number of nitrogens with one attached hydrogen (secondary N) is 1. The van der Waals surface area contributed by atoms with Crippen molar-refractivity contribution in [2.45, 2.75) is 18.5 Å². The smallest absolute Gasteiger partial charge is 0.316 e. The zero-order valence-corrected chi connectivity index (χ0v) is 11.6. The van der Waals surface area contributed by atoms with Gasteiger partial charge in [0.15, 0.2) is 14.6 Å². The third-order valence-electron chi connectivity index (χ3n) is 3.20. The number of halogens is 3. The molecule has 0 atom stereocenters. The van der Waals surface area contributed by atoms with Crippen molar-refractivity contribution in [1.29, 1.82) is 5.41 Å². The normalized spacial score (nSPS) is 18.1. The van der Waals surface area contributed by atoms with Gasteiger partial charge >= 0.3 is 6.18 Å². The summed E-state index contributed by atoms with van der Waals surface area (Å²) in [5.74, 6) is -0.574. The van der Waals surface area contributed by atoms with Crippen LogP contribution in [0.1, 0.15) is 11.1 Å². The lowest BCUT2D eigenvalue weighted by molar-refractivity contribution is -0.137. The highest BCUT2D eigenvalue weighted by molar-refractivity contribution is 7.90. The van der Waals surface area contributed by atoms with E-state index in [0.717, 1.165) is 23.5 Å². The first-order valence-corrected chi connectivity index (χ1v) is 8.30. The topological polar surface area (TPSA) is 62.9 Å². The van der Waals surface area contributed by atoms with Crippen LogP contribution in [-0.4, -0.2) is 18.7 Å². The molecule has 0 saturated heterocycles. The molecule has 9 heteroatoms. The van der Waals surface area contributed by atoms with Gasteiger partial charge in [-0.25, -0.2) is 8.42 Å². The van der Waals surface area contributed by atoms with Gasteiger partial charge in [0.25, 0.3) is 0 Å². The predicted molar refractivity (Wildman–Crippen MR) is 68.2 cm³/mol. The number of nitrogens with zero attached hydrogens (tertiary/aromatic N) is 1. The number of aromatic nitrogens is 1. The van der Waals surface area contributed by atoms with E-state index in [0.29, 0.717) is 10.2 Å². The van der Waals surface area contributed by atoms with Gasteiger partial charge in [0, 0.05) is 6.54 Å². The van der Waals surface area contributed by atoms with E-state index in [-0.39, 0.29) is 22.7 Å². The van der Waals surface area contributed by atoms with Crippen LogP contribution in [-0.2, 0) is 28.3 Å². The van der Waals surface area contributed by atoms with Crippen molar-refractivity contribution in [2.75, 3.05) is 5.75 Å². The van der Waals surface area contributed by atoms with Crippen LogP contribution in [0.3, 0.4) is 0 Å². The predicted octanol–water partition coefficient (Wildman–Crippen LogP) is 2.13. The molecule has 20 heavy (non-hydrogen) atoms. The van der Waals surface area contributed by atoms with Crippen LogP contribution < -0.4 is 4.80 Å². The van der Waals surface area contributed by atoms with Crippen LogP contribution in [0.5, 0.6) is 0 Å². The number of benzene rings is 1. The molecule has 0 unspecified atom stereocenters. The molecule has 0 bridgehead atoms. The Balaban J connectivity index is 2.39. The van der Waals surface area contributed by atoms with Crippen molar-refractivity contribution in [3.8, 4) is 0 Å². The molecule has 3 rings (SSSR count). The first-order valence-electron chi connectivity index (χ1n) is 5.66. The number of thiazole rings is 1. The Morgan fingerprint density at radius 1 is 1.30 bits per heavy atom. The van der Waals surface area contributed by atoms with Crippen molar-refractivity contribution >= 4 is 31.4 Å². The zero-order chi connectivity index (χ0) is 14.7. The van der Waals surface area contributed by atoms with Crippen LogP contribution in [0.4, 0.5) is 13.2 Å². The van der Waals surface area contributed by atoms with Gasteiger partial charge in [-0.1, -0.05) is 11.3 Å². The molecule has 108 valence electrons. The van der Waals surface area contributed by atoms with Crippen molar-refractivity contribution in [1.82, 2.24) is 4.57 Å². The summed E-state index contributed by atoms with van der Waals surface area (Å²) < 4.78 is 63.9. The summed E-state index contributed by atoms with van der Waals surface area (Å²) in [5.41, 5.74) is -0.304. The molecule has 0 spiro atoms. The molecule has 0 saturated carbocycles. The van der Waals surface area contributed by atoms with Crippen molar-refractivity contribution in [3.05, 3.63) is 28.1 Å². The Labute approximate surface area is 115 Å². The lowest BCUT2D eigenvalue weighted by Gasteiger charge is -2.09. The van der Waals surface area contributed by atoms with Gasteiger partial charge in [-0.15, -0.1) is 0 Å². The maximum absolute atomic E-state index is 12.9. The molecule has 1 N–H and O–H groups in total. The lowest BCUT2D eigenvalue weighted by atomic mass is 10.1. The highest BCUT2D eigenvalue weighted by Gasteiger charge is 2.33. The van der Waals surface area contributed by atoms with Crippen LogP contribution in [0.15, 0.2) is 12.1 Å². The third kappa shape index (κ3) is 2.14. The average Bonchev–Trinajstić information content (AvgIpc) is 2.52. The van der Waals surface area contributed by atoms with Crippen molar-refractivity contribution < 1.29 is 21.6 Å². The molecule has 0 fully saturated rings. The maximum atomic E-state index is 12.9. The third-order valence-corrected chi connectivity index (χ3v) is 5.70. The van der Waals surface area contributed by atoms with E-state index < -0.39 is 27.3 Å². The molecule has 1 aromatic heterocycles. The highest BCUT2D eigenvalue weighted by Crippen LogP contribution is 2.35. The molecule has 1 aliphatic rings. The number of alkyl halides is 3. The van der Waals surface area contributed by atoms with Gasteiger partial charge in [0.2, 0.25) is 0 Å². The quantitative estimate of drug-likeness (QED) is 0.807. The first kappa shape index (κ1) is 13.6. The Bertz CT molecular complexity index is 862. The second kappa shape index (κ2) is 4.08. The molecule has 2 aromatic rings. The SMILES string of the molecule is N=c1sc2cc(C(F)(F)F)cc3c2n1CCS(=O)(=O)C3. The fraction of sp³-hybridized carbons (Fsp3) is 0.364. The summed E-state index contributed by atoms with van der Waals surface area (Å²) in [5, 5.41) is 7.79. The van der Waals surface area contributed by atoms with Gasteiger partial charge in [-0.05, 0) is 17.7 Å². The van der Waals surface area contributed by atoms with E-state index in [9.17, 15) is 21.6 Å². The Morgan fingerprint density at radius 2 is 2.00 bits per heavy atom. The van der Waals surface area contributed by atoms with Crippen LogP contribution in [0.2, 0.25) is 0 Å². The molecule has 0 radical (unpaired) electrons. The standard InChI is InChI=1S/C11H9F3N2O2S2/c12-11(13,14)7-3-6-5-20(17,18)2-1-16-9(6)8(4-7)19-10(16)15/h3-4,15H,1-2,5H2. The first-order chi connectivity index (χ1) is 9.17. The Kier molecular flexibility index (Phi) is 2.78. The molecule has 1 aromatic carbocycles. The van der Waals surface area contributed by atoms with E-state index in [1.807, 2.05) is 0 Å². The highest BCUT2D eigenvalue weighted by atomic mass is 32.2. The van der Waals surface area contributed by atoms with Gasteiger partial charge in [-0.2, -0.15) is 13.2 Å². The van der Waals surface area contributed by atoms with E-state index in [4.69, 9.17) is 5.41 Å². The fourth-order valence-corrected chi connectivity index (χ4v) is 4.66. The minimum atomic E-state index is -4.53. The van der Waals surface area contributed by atoms with Gasteiger partial charge in [0.05, 0.1) is 27.3 Å². The summed E-state index contributed by atoms with van der Waals surface area (Å²) >= 11 is 0.932. The molecule has 0 amide bonds. The minimum absolute atomic E-state index is 0.0673. The summed E-state index contributed by atoms with van der Waals surface area (Å²) in [7, 11) is -3.45. The van der Waals surface area contributed by atoms with Gasteiger partial charge in [0.1, 0.15) is 0 Å². The monoisotopic (exact) mass is 322 g/mol. The fourth-order valence-electron chi connectivity index (χ4n) is 2.34. The van der Waals surface area contributed by atoms with Crippen molar-refractivity contribution in [2.24, 2.45) is 0 Å². The van der Waals surface area contributed by atoms with E-state index in [1.54, 1.807) is 0 Å². The molecule has 0 aliphatic carbocycles. The molecule has 4 nitrogen and oxygen atoms in total. The second-order valence-electron chi connectivity index (χ2n) is 4.63. The molecular formula is C11H9F3N2O2S2. The van der Waals surface area contributed by atoms with Gasteiger partial charge in [-0.3, -0.25) is 5.41 Å². The molecular weight excluding hydrogens is 313 g/mol. The second-order valence-corrected chi connectivity index (χ2v) is 7.85. The number of aryl methyl sites for hydroxylation is 1. The summed E-state index contributed by atoms with van der Waals surface area (Å²) in [6.07, 6.45) is -4.53.